The van der Waals surface area contributed by atoms with Gasteiger partial charge in [-0.3, -0.25) is 9.59 Å². The average molecular weight is 436 g/mol. The normalized spacial score (nSPS) is 13.9. The van der Waals surface area contributed by atoms with Crippen molar-refractivity contribution in [3.05, 3.63) is 70.5 Å². The first-order chi connectivity index (χ1) is 14.8. The number of amides is 2. The van der Waals surface area contributed by atoms with Crippen LogP contribution in [0.3, 0.4) is 0 Å². The summed E-state index contributed by atoms with van der Waals surface area (Å²) in [5, 5.41) is 13.6. The van der Waals surface area contributed by atoms with Crippen molar-refractivity contribution in [2.75, 3.05) is 10.3 Å². The van der Waals surface area contributed by atoms with Gasteiger partial charge in [0.15, 0.2) is 0 Å². The highest BCUT2D eigenvalue weighted by Gasteiger charge is 2.27. The summed E-state index contributed by atoms with van der Waals surface area (Å²) in [7, 11) is 0. The van der Waals surface area contributed by atoms with E-state index in [1.807, 2.05) is 57.2 Å². The number of para-hydroxylation sites is 1. The Labute approximate surface area is 185 Å². The number of aromatic nitrogens is 2. The molecule has 0 radical (unpaired) electrons. The molecule has 2 amide bonds. The van der Waals surface area contributed by atoms with Crippen LogP contribution in [-0.2, 0) is 9.59 Å². The summed E-state index contributed by atoms with van der Waals surface area (Å²) in [6.45, 7) is 5.62. The van der Waals surface area contributed by atoms with Crippen molar-refractivity contribution < 1.29 is 9.59 Å². The van der Waals surface area contributed by atoms with E-state index in [9.17, 15) is 9.59 Å². The number of nitrogens with zero attached hydrogens (tertiary/aromatic N) is 4. The van der Waals surface area contributed by atoms with Gasteiger partial charge in [-0.2, -0.15) is 10.2 Å². The molecule has 0 spiro atoms. The average Bonchev–Trinajstić information content (AvgIpc) is 3.05. The van der Waals surface area contributed by atoms with Gasteiger partial charge < -0.3 is 5.32 Å². The third kappa shape index (κ3) is 4.09. The molecular formula is C23H22ClN5O2. The van der Waals surface area contributed by atoms with Crippen molar-refractivity contribution >= 4 is 40.5 Å². The fraction of sp³-hybridized carbons (Fsp3) is 0.217. The number of hydrazone groups is 1. The Kier molecular flexibility index (Phi) is 5.61. The van der Waals surface area contributed by atoms with E-state index in [4.69, 9.17) is 11.6 Å². The molecule has 8 heteroatoms. The van der Waals surface area contributed by atoms with Crippen LogP contribution >= 0.6 is 11.6 Å². The summed E-state index contributed by atoms with van der Waals surface area (Å²) in [5.41, 5.74) is 4.77. The number of hydrogen-bond donors (Lipinski definition) is 1. The molecule has 3 aromatic rings. The van der Waals surface area contributed by atoms with Gasteiger partial charge in [-0.25, -0.2) is 9.69 Å². The molecule has 2 aromatic carbocycles. The van der Waals surface area contributed by atoms with Crippen molar-refractivity contribution in [3.8, 4) is 5.69 Å². The van der Waals surface area contributed by atoms with E-state index in [-0.39, 0.29) is 30.4 Å². The van der Waals surface area contributed by atoms with Crippen LogP contribution in [0.2, 0.25) is 5.02 Å². The van der Waals surface area contributed by atoms with Gasteiger partial charge in [0.1, 0.15) is 5.71 Å². The third-order valence-electron chi connectivity index (χ3n) is 5.23. The van der Waals surface area contributed by atoms with Crippen LogP contribution in [0, 0.1) is 20.8 Å². The molecule has 1 N–H and O–H groups in total. The van der Waals surface area contributed by atoms with Crippen molar-refractivity contribution in [1.82, 2.24) is 9.78 Å². The van der Waals surface area contributed by atoms with E-state index < -0.39 is 0 Å². The Balaban J connectivity index is 1.61. The lowest BCUT2D eigenvalue weighted by Crippen LogP contribution is -2.36. The maximum Gasteiger partial charge on any atom is 0.271 e. The van der Waals surface area contributed by atoms with Crippen molar-refractivity contribution in [1.29, 1.82) is 0 Å². The van der Waals surface area contributed by atoms with E-state index >= 15 is 0 Å². The minimum atomic E-state index is -0.352. The lowest BCUT2D eigenvalue weighted by Gasteiger charge is -2.23. The predicted molar refractivity (Wildman–Crippen MR) is 122 cm³/mol. The molecule has 2 heterocycles. The number of rotatable bonds is 4. The molecule has 0 aliphatic carbocycles. The molecule has 158 valence electrons. The molecule has 31 heavy (non-hydrogen) atoms. The largest absolute Gasteiger partial charge is 0.318 e. The monoisotopic (exact) mass is 435 g/mol. The zero-order valence-electron chi connectivity index (χ0n) is 17.5. The minimum absolute atomic E-state index is 0.180. The van der Waals surface area contributed by atoms with Crippen LogP contribution in [0.4, 0.5) is 11.4 Å². The highest BCUT2D eigenvalue weighted by Crippen LogP contribution is 2.27. The molecule has 0 unspecified atom stereocenters. The standard InChI is InChI=1S/C23H22ClN5O2/c1-14-9-10-18(13-19(14)24)29-21(30)12-11-20(27-29)23(31)25-22-15(2)26-28(16(22)3)17-7-5-4-6-8-17/h4-10,13H,11-12H2,1-3H3,(H,25,31). The number of carbonyl (C=O) groups excluding carboxylic acids is 2. The number of nitrogens with one attached hydrogen (secondary N) is 1. The van der Waals surface area contributed by atoms with Gasteiger partial charge in [0.25, 0.3) is 5.91 Å². The van der Waals surface area contributed by atoms with Gasteiger partial charge >= 0.3 is 0 Å². The molecule has 1 aliphatic heterocycles. The second-order valence-corrected chi connectivity index (χ2v) is 7.84. The van der Waals surface area contributed by atoms with E-state index in [1.165, 1.54) is 5.01 Å². The topological polar surface area (TPSA) is 79.6 Å². The molecule has 4 rings (SSSR count). The molecular weight excluding hydrogens is 414 g/mol. The number of benzene rings is 2. The fourth-order valence-corrected chi connectivity index (χ4v) is 3.64. The second-order valence-electron chi connectivity index (χ2n) is 7.43. The Morgan fingerprint density at radius 2 is 1.77 bits per heavy atom. The summed E-state index contributed by atoms with van der Waals surface area (Å²) in [5.74, 6) is -0.532. The maximum absolute atomic E-state index is 13.0. The Hall–Kier alpha value is -3.45. The number of anilines is 2. The Morgan fingerprint density at radius 3 is 2.48 bits per heavy atom. The first-order valence-corrected chi connectivity index (χ1v) is 10.3. The summed E-state index contributed by atoms with van der Waals surface area (Å²) >= 11 is 6.20. The van der Waals surface area contributed by atoms with Crippen LogP contribution in [0.15, 0.2) is 53.6 Å². The number of halogens is 1. The summed E-state index contributed by atoms with van der Waals surface area (Å²) < 4.78 is 1.79. The van der Waals surface area contributed by atoms with Gasteiger partial charge in [0, 0.05) is 17.9 Å². The first kappa shape index (κ1) is 20.8. The lowest BCUT2D eigenvalue weighted by molar-refractivity contribution is -0.118. The molecule has 0 bridgehead atoms. The second kappa shape index (κ2) is 8.35. The number of hydrogen-bond acceptors (Lipinski definition) is 4. The van der Waals surface area contributed by atoms with Gasteiger partial charge in [0.05, 0.1) is 28.5 Å². The van der Waals surface area contributed by atoms with Crippen molar-refractivity contribution in [2.45, 2.75) is 33.6 Å². The molecule has 7 nitrogen and oxygen atoms in total. The van der Waals surface area contributed by atoms with Gasteiger partial charge in [0.2, 0.25) is 5.91 Å². The highest BCUT2D eigenvalue weighted by atomic mass is 35.5. The molecule has 1 aromatic heterocycles. The maximum atomic E-state index is 13.0. The number of aryl methyl sites for hydroxylation is 2. The van der Waals surface area contributed by atoms with E-state index in [0.29, 0.717) is 22.1 Å². The van der Waals surface area contributed by atoms with Gasteiger partial charge in [-0.05, 0) is 50.6 Å². The molecule has 0 saturated carbocycles. The van der Waals surface area contributed by atoms with Crippen LogP contribution in [0.1, 0.15) is 29.8 Å². The first-order valence-electron chi connectivity index (χ1n) is 9.94. The van der Waals surface area contributed by atoms with E-state index in [0.717, 1.165) is 16.9 Å². The quantitative estimate of drug-likeness (QED) is 0.651. The predicted octanol–water partition coefficient (Wildman–Crippen LogP) is 4.57. The molecule has 0 fully saturated rings. The van der Waals surface area contributed by atoms with Crippen molar-refractivity contribution in [2.24, 2.45) is 5.10 Å². The Bertz CT molecular complexity index is 1200. The SMILES string of the molecule is Cc1ccc(N2N=C(C(=O)Nc3c(C)nn(-c4ccccc4)c3C)CCC2=O)cc1Cl. The van der Waals surface area contributed by atoms with Crippen LogP contribution in [0.25, 0.3) is 5.69 Å². The van der Waals surface area contributed by atoms with E-state index in [1.54, 1.807) is 16.8 Å². The molecule has 0 atom stereocenters. The van der Waals surface area contributed by atoms with Gasteiger partial charge in [-0.15, -0.1) is 0 Å². The highest BCUT2D eigenvalue weighted by molar-refractivity contribution is 6.44. The molecule has 1 aliphatic rings. The van der Waals surface area contributed by atoms with Crippen LogP contribution in [-0.4, -0.2) is 27.3 Å². The summed E-state index contributed by atoms with van der Waals surface area (Å²) in [4.78, 5) is 25.4. The summed E-state index contributed by atoms with van der Waals surface area (Å²) in [6, 6.07) is 15.0. The van der Waals surface area contributed by atoms with Crippen LogP contribution in [0.5, 0.6) is 0 Å². The zero-order chi connectivity index (χ0) is 22.1. The zero-order valence-corrected chi connectivity index (χ0v) is 18.3. The van der Waals surface area contributed by atoms with E-state index in [2.05, 4.69) is 15.5 Å². The minimum Gasteiger partial charge on any atom is -0.318 e. The van der Waals surface area contributed by atoms with Crippen molar-refractivity contribution in [3.63, 3.8) is 0 Å². The smallest absolute Gasteiger partial charge is 0.271 e. The summed E-state index contributed by atoms with van der Waals surface area (Å²) in [6.07, 6.45) is 0.463. The fourth-order valence-electron chi connectivity index (χ4n) is 3.46. The molecule has 0 saturated heterocycles. The third-order valence-corrected chi connectivity index (χ3v) is 5.63. The number of carbonyl (C=O) groups is 2. The van der Waals surface area contributed by atoms with Gasteiger partial charge in [-0.1, -0.05) is 35.9 Å². The van der Waals surface area contributed by atoms with Crippen LogP contribution < -0.4 is 10.3 Å². The Morgan fingerprint density at radius 1 is 1.03 bits per heavy atom. The lowest BCUT2D eigenvalue weighted by atomic mass is 10.1.